The molecule has 0 saturated heterocycles. The molecule has 4 heteroatoms. The van der Waals surface area contributed by atoms with Gasteiger partial charge in [0.05, 0.1) is 4.88 Å². The van der Waals surface area contributed by atoms with Crippen molar-refractivity contribution in [3.8, 4) is 0 Å². The lowest BCUT2D eigenvalue weighted by molar-refractivity contribution is 0.995. The van der Waals surface area contributed by atoms with Gasteiger partial charge in [0.15, 0.2) is 5.84 Å². The Labute approximate surface area is 82.7 Å². The number of rotatable bonds is 2. The van der Waals surface area contributed by atoms with Gasteiger partial charge in [-0.25, -0.2) is 5.84 Å². The molecule has 0 atom stereocenters. The number of hydrazine groups is 1. The third kappa shape index (κ3) is 2.29. The summed E-state index contributed by atoms with van der Waals surface area (Å²) in [7, 11) is 0. The summed E-state index contributed by atoms with van der Waals surface area (Å²) in [4.78, 5) is 6.68. The highest BCUT2D eigenvalue weighted by Gasteiger charge is 2.06. The molecular weight excluding hydrogens is 182 g/mol. The number of amidine groups is 1. The van der Waals surface area contributed by atoms with E-state index in [2.05, 4.69) is 30.3 Å². The fraction of sp³-hybridized carbons (Fsp3) is 0.444. The van der Waals surface area contributed by atoms with Crippen molar-refractivity contribution in [1.82, 2.24) is 5.43 Å². The number of hydrogen-bond acceptors (Lipinski definition) is 3. The molecule has 0 spiro atoms. The van der Waals surface area contributed by atoms with Crippen LogP contribution in [0.5, 0.6) is 0 Å². The average Bonchev–Trinajstić information content (AvgIpc) is 2.43. The van der Waals surface area contributed by atoms with E-state index in [1.165, 1.54) is 10.4 Å². The fourth-order valence-electron chi connectivity index (χ4n) is 1.04. The second kappa shape index (κ2) is 4.39. The van der Waals surface area contributed by atoms with Gasteiger partial charge in [0.1, 0.15) is 0 Å². The lowest BCUT2D eigenvalue weighted by Crippen LogP contribution is -2.30. The summed E-state index contributed by atoms with van der Waals surface area (Å²) in [6.07, 6.45) is 0. The Morgan fingerprint density at radius 1 is 1.62 bits per heavy atom. The van der Waals surface area contributed by atoms with Crippen LogP contribution in [0.4, 0.5) is 0 Å². The third-order valence-corrected chi connectivity index (χ3v) is 3.01. The van der Waals surface area contributed by atoms with Gasteiger partial charge in [0.2, 0.25) is 0 Å². The molecule has 13 heavy (non-hydrogen) atoms. The first-order valence-electron chi connectivity index (χ1n) is 4.27. The van der Waals surface area contributed by atoms with Crippen LogP contribution in [0.1, 0.15) is 22.2 Å². The summed E-state index contributed by atoms with van der Waals surface area (Å²) >= 11 is 1.71. The van der Waals surface area contributed by atoms with Crippen molar-refractivity contribution in [3.63, 3.8) is 0 Å². The Kier molecular flexibility index (Phi) is 3.45. The van der Waals surface area contributed by atoms with E-state index in [1.54, 1.807) is 11.3 Å². The van der Waals surface area contributed by atoms with Crippen LogP contribution in [0.25, 0.3) is 0 Å². The van der Waals surface area contributed by atoms with E-state index in [9.17, 15) is 0 Å². The fourth-order valence-corrected chi connectivity index (χ4v) is 2.05. The molecular formula is C9H15N3S. The Morgan fingerprint density at radius 3 is 2.69 bits per heavy atom. The largest absolute Gasteiger partial charge is 0.308 e. The van der Waals surface area contributed by atoms with E-state index in [-0.39, 0.29) is 0 Å². The van der Waals surface area contributed by atoms with Crippen LogP contribution in [0.3, 0.4) is 0 Å². The molecule has 1 aromatic heterocycles. The van der Waals surface area contributed by atoms with Gasteiger partial charge >= 0.3 is 0 Å². The van der Waals surface area contributed by atoms with Crippen LogP contribution in [-0.2, 0) is 0 Å². The minimum absolute atomic E-state index is 0.746. The standard InChI is InChI=1S/C9H15N3S/c1-4-11-9(12-10)8-5-6(2)7(3)13-8/h5H,4,10H2,1-3H3,(H,11,12). The molecule has 0 radical (unpaired) electrons. The van der Waals surface area contributed by atoms with Gasteiger partial charge in [-0.1, -0.05) is 0 Å². The summed E-state index contributed by atoms with van der Waals surface area (Å²) in [6.45, 7) is 6.93. The molecule has 0 aromatic carbocycles. The maximum absolute atomic E-state index is 5.38. The molecule has 3 N–H and O–H groups in total. The molecule has 72 valence electrons. The quantitative estimate of drug-likeness (QED) is 0.327. The van der Waals surface area contributed by atoms with Crippen molar-refractivity contribution in [2.45, 2.75) is 20.8 Å². The summed E-state index contributed by atoms with van der Waals surface area (Å²) in [5.41, 5.74) is 3.91. The van der Waals surface area contributed by atoms with Crippen molar-refractivity contribution in [2.24, 2.45) is 10.8 Å². The van der Waals surface area contributed by atoms with Gasteiger partial charge in [0.25, 0.3) is 0 Å². The van der Waals surface area contributed by atoms with E-state index in [0.29, 0.717) is 0 Å². The van der Waals surface area contributed by atoms with Crippen molar-refractivity contribution >= 4 is 17.2 Å². The van der Waals surface area contributed by atoms with E-state index in [4.69, 9.17) is 5.84 Å². The van der Waals surface area contributed by atoms with Crippen molar-refractivity contribution in [3.05, 3.63) is 21.4 Å². The number of nitrogens with zero attached hydrogens (tertiary/aromatic N) is 1. The normalized spacial score (nSPS) is 11.8. The smallest absolute Gasteiger partial charge is 0.152 e. The second-order valence-electron chi connectivity index (χ2n) is 2.82. The van der Waals surface area contributed by atoms with Crippen molar-refractivity contribution < 1.29 is 0 Å². The zero-order valence-electron chi connectivity index (χ0n) is 8.22. The zero-order valence-corrected chi connectivity index (χ0v) is 9.03. The Bertz CT molecular complexity index is 295. The lowest BCUT2D eigenvalue weighted by Gasteiger charge is -2.00. The van der Waals surface area contributed by atoms with Gasteiger partial charge in [-0.3, -0.25) is 4.99 Å². The van der Waals surface area contributed by atoms with Crippen LogP contribution in [0.15, 0.2) is 11.1 Å². The minimum atomic E-state index is 0.746. The third-order valence-electron chi connectivity index (χ3n) is 1.85. The molecule has 1 heterocycles. The van der Waals surface area contributed by atoms with E-state index in [0.717, 1.165) is 17.3 Å². The maximum Gasteiger partial charge on any atom is 0.152 e. The number of nitrogens with one attached hydrogen (secondary N) is 1. The van der Waals surface area contributed by atoms with Crippen molar-refractivity contribution in [1.29, 1.82) is 0 Å². The highest BCUT2D eigenvalue weighted by atomic mass is 32.1. The van der Waals surface area contributed by atoms with E-state index >= 15 is 0 Å². The molecule has 0 fully saturated rings. The number of aryl methyl sites for hydroxylation is 2. The first-order valence-corrected chi connectivity index (χ1v) is 5.09. The van der Waals surface area contributed by atoms with Crippen LogP contribution in [0.2, 0.25) is 0 Å². The van der Waals surface area contributed by atoms with Gasteiger partial charge in [-0.15, -0.1) is 11.3 Å². The number of thiophene rings is 1. The molecule has 1 aromatic rings. The van der Waals surface area contributed by atoms with Crippen LogP contribution in [-0.4, -0.2) is 12.4 Å². The van der Waals surface area contributed by atoms with E-state index in [1.807, 2.05) is 6.92 Å². The Morgan fingerprint density at radius 2 is 2.31 bits per heavy atom. The molecule has 0 amide bonds. The Balaban J connectivity index is 2.99. The topological polar surface area (TPSA) is 50.4 Å². The average molecular weight is 197 g/mol. The number of hydrogen-bond donors (Lipinski definition) is 2. The molecule has 0 aliphatic heterocycles. The zero-order chi connectivity index (χ0) is 9.84. The molecule has 0 aliphatic carbocycles. The van der Waals surface area contributed by atoms with E-state index < -0.39 is 0 Å². The molecule has 0 unspecified atom stereocenters. The highest BCUT2D eigenvalue weighted by Crippen LogP contribution is 2.20. The van der Waals surface area contributed by atoms with Gasteiger partial charge in [0, 0.05) is 11.4 Å². The van der Waals surface area contributed by atoms with Crippen molar-refractivity contribution in [2.75, 3.05) is 6.54 Å². The second-order valence-corrected chi connectivity index (χ2v) is 4.07. The number of aliphatic imine (C=N–C) groups is 1. The minimum Gasteiger partial charge on any atom is -0.308 e. The summed E-state index contributed by atoms with van der Waals surface area (Å²) < 4.78 is 0. The molecule has 0 aliphatic rings. The molecule has 3 nitrogen and oxygen atoms in total. The first-order chi connectivity index (χ1) is 6.19. The van der Waals surface area contributed by atoms with Crippen LogP contribution in [0, 0.1) is 13.8 Å². The maximum atomic E-state index is 5.38. The predicted octanol–water partition coefficient (Wildman–Crippen LogP) is 1.59. The summed E-state index contributed by atoms with van der Waals surface area (Å²) in [6, 6.07) is 2.11. The van der Waals surface area contributed by atoms with Gasteiger partial charge < -0.3 is 5.43 Å². The summed E-state index contributed by atoms with van der Waals surface area (Å²) in [5.74, 6) is 6.16. The van der Waals surface area contributed by atoms with Crippen LogP contribution >= 0.6 is 11.3 Å². The molecule has 1 rings (SSSR count). The molecule has 0 saturated carbocycles. The SMILES string of the molecule is CCN=C(NN)c1cc(C)c(C)s1. The van der Waals surface area contributed by atoms with Gasteiger partial charge in [-0.05, 0) is 32.4 Å². The predicted molar refractivity (Wildman–Crippen MR) is 58.2 cm³/mol. The molecule has 0 bridgehead atoms. The van der Waals surface area contributed by atoms with Gasteiger partial charge in [-0.2, -0.15) is 0 Å². The lowest BCUT2D eigenvalue weighted by atomic mass is 10.3. The number of nitrogens with two attached hydrogens (primary N) is 1. The highest BCUT2D eigenvalue weighted by molar-refractivity contribution is 7.14. The monoisotopic (exact) mass is 197 g/mol. The summed E-state index contributed by atoms with van der Waals surface area (Å²) in [5, 5.41) is 0. The Hall–Kier alpha value is -0.870. The first kappa shape index (κ1) is 10.2. The van der Waals surface area contributed by atoms with Crippen LogP contribution < -0.4 is 11.3 Å².